The lowest BCUT2D eigenvalue weighted by Gasteiger charge is -2.05. The van der Waals surface area contributed by atoms with Crippen LogP contribution in [0.3, 0.4) is 0 Å². The molecule has 0 bridgehead atoms. The van der Waals surface area contributed by atoms with Crippen molar-refractivity contribution in [2.75, 3.05) is 6.61 Å². The van der Waals surface area contributed by atoms with Crippen molar-refractivity contribution in [2.24, 2.45) is 0 Å². The standard InChI is InChI=1S/C10H13NO2S/c1-7(12)9-6-14-10(11-9)5-8-3-2-4-13-8/h6,8H,2-5H2,1H3. The number of carbonyl (C=O) groups is 1. The summed E-state index contributed by atoms with van der Waals surface area (Å²) in [6.45, 7) is 2.42. The van der Waals surface area contributed by atoms with Crippen LogP contribution in [0.1, 0.15) is 35.3 Å². The van der Waals surface area contributed by atoms with Gasteiger partial charge in [0, 0.05) is 25.3 Å². The summed E-state index contributed by atoms with van der Waals surface area (Å²) in [4.78, 5) is 15.3. The van der Waals surface area contributed by atoms with Crippen molar-refractivity contribution in [3.05, 3.63) is 16.1 Å². The van der Waals surface area contributed by atoms with Crippen LogP contribution in [0.2, 0.25) is 0 Å². The van der Waals surface area contributed by atoms with E-state index in [1.54, 1.807) is 18.3 Å². The SMILES string of the molecule is CC(=O)c1csc(CC2CCCO2)n1. The molecular formula is C10H13NO2S. The third-order valence-electron chi connectivity index (χ3n) is 2.34. The van der Waals surface area contributed by atoms with E-state index in [4.69, 9.17) is 4.74 Å². The fraction of sp³-hybridized carbons (Fsp3) is 0.600. The van der Waals surface area contributed by atoms with E-state index in [0.29, 0.717) is 11.8 Å². The predicted molar refractivity (Wildman–Crippen MR) is 54.8 cm³/mol. The van der Waals surface area contributed by atoms with Gasteiger partial charge >= 0.3 is 0 Å². The van der Waals surface area contributed by atoms with Gasteiger partial charge in [0.05, 0.1) is 11.1 Å². The Morgan fingerprint density at radius 2 is 2.64 bits per heavy atom. The number of rotatable bonds is 3. The highest BCUT2D eigenvalue weighted by atomic mass is 32.1. The number of hydrogen-bond donors (Lipinski definition) is 0. The first kappa shape index (κ1) is 9.80. The number of Topliss-reactive ketones (excluding diaryl/α,β-unsaturated/α-hetero) is 1. The van der Waals surface area contributed by atoms with E-state index in [9.17, 15) is 4.79 Å². The molecule has 1 aliphatic heterocycles. The molecule has 0 aromatic carbocycles. The van der Waals surface area contributed by atoms with E-state index >= 15 is 0 Å². The minimum atomic E-state index is 0.0415. The molecule has 14 heavy (non-hydrogen) atoms. The van der Waals surface area contributed by atoms with E-state index in [1.165, 1.54) is 0 Å². The monoisotopic (exact) mass is 211 g/mol. The molecule has 0 N–H and O–H groups in total. The lowest BCUT2D eigenvalue weighted by Crippen LogP contribution is -2.08. The molecule has 3 nitrogen and oxygen atoms in total. The van der Waals surface area contributed by atoms with E-state index < -0.39 is 0 Å². The smallest absolute Gasteiger partial charge is 0.178 e. The van der Waals surface area contributed by atoms with E-state index in [0.717, 1.165) is 30.9 Å². The van der Waals surface area contributed by atoms with Crippen LogP contribution in [0.25, 0.3) is 0 Å². The highest BCUT2D eigenvalue weighted by molar-refractivity contribution is 7.09. The van der Waals surface area contributed by atoms with Gasteiger partial charge in [-0.2, -0.15) is 0 Å². The van der Waals surface area contributed by atoms with Crippen LogP contribution >= 0.6 is 11.3 Å². The molecule has 1 aromatic rings. The molecule has 0 aliphatic carbocycles. The molecule has 0 spiro atoms. The summed E-state index contributed by atoms with van der Waals surface area (Å²) in [5.74, 6) is 0.0415. The van der Waals surface area contributed by atoms with Crippen LogP contribution in [0.15, 0.2) is 5.38 Å². The Labute approximate surface area is 87.1 Å². The first-order valence-electron chi connectivity index (χ1n) is 4.82. The molecule has 2 rings (SSSR count). The Kier molecular flexibility index (Phi) is 2.93. The number of nitrogens with zero attached hydrogens (tertiary/aromatic N) is 1. The van der Waals surface area contributed by atoms with Crippen LogP contribution in [-0.2, 0) is 11.2 Å². The van der Waals surface area contributed by atoms with Crippen LogP contribution < -0.4 is 0 Å². The Balaban J connectivity index is 1.98. The van der Waals surface area contributed by atoms with Crippen LogP contribution in [0.5, 0.6) is 0 Å². The van der Waals surface area contributed by atoms with Crippen LogP contribution in [-0.4, -0.2) is 23.5 Å². The molecule has 1 aliphatic rings. The van der Waals surface area contributed by atoms with Crippen LogP contribution in [0.4, 0.5) is 0 Å². The van der Waals surface area contributed by atoms with Gasteiger partial charge in [-0.1, -0.05) is 0 Å². The zero-order chi connectivity index (χ0) is 9.97. The molecule has 0 saturated carbocycles. The second kappa shape index (κ2) is 4.19. The molecule has 1 fully saturated rings. The minimum absolute atomic E-state index is 0.0415. The molecule has 1 atom stereocenters. The third-order valence-corrected chi connectivity index (χ3v) is 3.21. The topological polar surface area (TPSA) is 39.2 Å². The number of aromatic nitrogens is 1. The number of carbonyl (C=O) groups excluding carboxylic acids is 1. The lowest BCUT2D eigenvalue weighted by atomic mass is 10.2. The summed E-state index contributed by atoms with van der Waals surface area (Å²) in [5, 5.41) is 2.84. The van der Waals surface area contributed by atoms with Crippen molar-refractivity contribution in [3.63, 3.8) is 0 Å². The van der Waals surface area contributed by atoms with Gasteiger partial charge in [0.15, 0.2) is 5.78 Å². The van der Waals surface area contributed by atoms with Gasteiger partial charge in [0.2, 0.25) is 0 Å². The van der Waals surface area contributed by atoms with Crippen molar-refractivity contribution in [1.29, 1.82) is 0 Å². The van der Waals surface area contributed by atoms with Crippen molar-refractivity contribution in [2.45, 2.75) is 32.3 Å². The highest BCUT2D eigenvalue weighted by Crippen LogP contribution is 2.19. The first-order valence-corrected chi connectivity index (χ1v) is 5.70. The Hall–Kier alpha value is -0.740. The lowest BCUT2D eigenvalue weighted by molar-refractivity contribution is 0.101. The van der Waals surface area contributed by atoms with Crippen molar-refractivity contribution < 1.29 is 9.53 Å². The van der Waals surface area contributed by atoms with E-state index in [-0.39, 0.29) is 5.78 Å². The van der Waals surface area contributed by atoms with Gasteiger partial charge in [-0.25, -0.2) is 4.98 Å². The zero-order valence-electron chi connectivity index (χ0n) is 8.16. The molecular weight excluding hydrogens is 198 g/mol. The largest absolute Gasteiger partial charge is 0.378 e. The van der Waals surface area contributed by atoms with Crippen molar-refractivity contribution in [3.8, 4) is 0 Å². The first-order chi connectivity index (χ1) is 6.75. The third kappa shape index (κ3) is 2.19. The maximum absolute atomic E-state index is 11.0. The molecule has 0 amide bonds. The molecule has 4 heteroatoms. The Morgan fingerprint density at radius 3 is 3.21 bits per heavy atom. The fourth-order valence-corrected chi connectivity index (χ4v) is 2.47. The number of thiazole rings is 1. The van der Waals surface area contributed by atoms with Gasteiger partial charge < -0.3 is 4.74 Å². The van der Waals surface area contributed by atoms with Gasteiger partial charge in [0.25, 0.3) is 0 Å². The van der Waals surface area contributed by atoms with Gasteiger partial charge in [0.1, 0.15) is 5.69 Å². The van der Waals surface area contributed by atoms with Crippen molar-refractivity contribution >= 4 is 17.1 Å². The summed E-state index contributed by atoms with van der Waals surface area (Å²) in [7, 11) is 0. The van der Waals surface area contributed by atoms with Gasteiger partial charge in [-0.05, 0) is 12.8 Å². The molecule has 1 unspecified atom stereocenters. The summed E-state index contributed by atoms with van der Waals surface area (Å²) >= 11 is 1.55. The molecule has 0 radical (unpaired) electrons. The predicted octanol–water partition coefficient (Wildman–Crippen LogP) is 2.07. The van der Waals surface area contributed by atoms with Gasteiger partial charge in [-0.15, -0.1) is 11.3 Å². The number of ether oxygens (including phenoxy) is 1. The normalized spacial score (nSPS) is 21.4. The Morgan fingerprint density at radius 1 is 1.79 bits per heavy atom. The molecule has 76 valence electrons. The summed E-state index contributed by atoms with van der Waals surface area (Å²) in [6, 6.07) is 0. The summed E-state index contributed by atoms with van der Waals surface area (Å²) in [5.41, 5.74) is 0.586. The average molecular weight is 211 g/mol. The van der Waals surface area contributed by atoms with E-state index in [2.05, 4.69) is 4.98 Å². The Bertz CT molecular complexity index is 329. The fourth-order valence-electron chi connectivity index (χ4n) is 1.57. The molecule has 1 aromatic heterocycles. The summed E-state index contributed by atoms with van der Waals surface area (Å²) in [6.07, 6.45) is 3.45. The summed E-state index contributed by atoms with van der Waals surface area (Å²) < 4.78 is 5.51. The molecule has 2 heterocycles. The highest BCUT2D eigenvalue weighted by Gasteiger charge is 2.18. The maximum atomic E-state index is 11.0. The number of ketones is 1. The average Bonchev–Trinajstić information content (AvgIpc) is 2.75. The van der Waals surface area contributed by atoms with E-state index in [1.807, 2.05) is 5.38 Å². The van der Waals surface area contributed by atoms with Crippen LogP contribution in [0, 0.1) is 0 Å². The second-order valence-electron chi connectivity index (χ2n) is 3.52. The maximum Gasteiger partial charge on any atom is 0.178 e. The minimum Gasteiger partial charge on any atom is -0.378 e. The van der Waals surface area contributed by atoms with Gasteiger partial charge in [-0.3, -0.25) is 4.79 Å². The molecule has 1 saturated heterocycles. The number of hydrogen-bond acceptors (Lipinski definition) is 4. The zero-order valence-corrected chi connectivity index (χ0v) is 8.97. The second-order valence-corrected chi connectivity index (χ2v) is 4.46. The quantitative estimate of drug-likeness (QED) is 0.718. The van der Waals surface area contributed by atoms with Crippen molar-refractivity contribution in [1.82, 2.24) is 4.98 Å².